The van der Waals surface area contributed by atoms with Crippen molar-refractivity contribution in [3.63, 3.8) is 0 Å². The monoisotopic (exact) mass is 672 g/mol. The van der Waals surface area contributed by atoms with E-state index in [1.54, 1.807) is 19.2 Å². The number of nitrogens with one attached hydrogen (secondary N) is 1. The summed E-state index contributed by atoms with van der Waals surface area (Å²) in [5, 5.41) is 15.4. The molecule has 4 amide bonds. The van der Waals surface area contributed by atoms with Crippen LogP contribution in [0.5, 0.6) is 5.75 Å². The van der Waals surface area contributed by atoms with Gasteiger partial charge in [-0.1, -0.05) is 49.9 Å². The maximum atomic E-state index is 15.0. The van der Waals surface area contributed by atoms with E-state index in [0.29, 0.717) is 11.6 Å². The lowest BCUT2D eigenvalue weighted by Crippen LogP contribution is -2.76. The van der Waals surface area contributed by atoms with E-state index in [-0.39, 0.29) is 50.5 Å². The van der Waals surface area contributed by atoms with Gasteiger partial charge in [-0.25, -0.2) is 19.2 Å². The third-order valence-electron chi connectivity index (χ3n) is 8.56. The number of phenols is 1. The summed E-state index contributed by atoms with van der Waals surface area (Å²) in [6, 6.07) is 14.5. The summed E-state index contributed by atoms with van der Waals surface area (Å²) in [6.45, 7) is 1.29. The molecular formula is C34H40F4N6O4. The summed E-state index contributed by atoms with van der Waals surface area (Å²) in [6.07, 6.45) is -6.01. The molecule has 2 saturated heterocycles. The summed E-state index contributed by atoms with van der Waals surface area (Å²) >= 11 is 0. The van der Waals surface area contributed by atoms with Crippen molar-refractivity contribution in [2.45, 2.75) is 51.7 Å². The average molecular weight is 673 g/mol. The number of nitrogens with zero attached hydrogens (tertiary/aromatic N) is 5. The molecule has 2 N–H and O–H groups in total. The van der Waals surface area contributed by atoms with Crippen LogP contribution >= 0.6 is 0 Å². The Bertz CT molecular complexity index is 1640. The highest BCUT2D eigenvalue weighted by Crippen LogP contribution is 2.39. The first-order valence-electron chi connectivity index (χ1n) is 15.0. The molecule has 0 aliphatic carbocycles. The van der Waals surface area contributed by atoms with Crippen LogP contribution in [-0.2, 0) is 28.7 Å². The summed E-state index contributed by atoms with van der Waals surface area (Å²) in [4.78, 5) is 45.5. The lowest BCUT2D eigenvalue weighted by Gasteiger charge is -2.55. The van der Waals surface area contributed by atoms with Gasteiger partial charge in [0.05, 0.1) is 30.4 Å². The van der Waals surface area contributed by atoms with Gasteiger partial charge in [0.2, 0.25) is 11.8 Å². The summed E-state index contributed by atoms with van der Waals surface area (Å²) in [5.74, 6) is -2.39. The minimum atomic E-state index is -5.00. The summed E-state index contributed by atoms with van der Waals surface area (Å²) in [7, 11) is 4.40. The van der Waals surface area contributed by atoms with Gasteiger partial charge in [0, 0.05) is 34.1 Å². The molecule has 3 atom stereocenters. The number of benzene rings is 3. The highest BCUT2D eigenvalue weighted by atomic mass is 19.4. The van der Waals surface area contributed by atoms with Crippen molar-refractivity contribution in [1.82, 2.24) is 25.1 Å². The van der Waals surface area contributed by atoms with Crippen LogP contribution in [0.3, 0.4) is 0 Å². The number of fused-ring (bicyclic) bond motifs is 1. The largest absolute Gasteiger partial charge is 0.508 e. The van der Waals surface area contributed by atoms with Crippen LogP contribution in [0.4, 0.5) is 28.0 Å². The SMILES string of the molecule is C.CC(c1cc(N(C)C)c(F)c(C(F)(F)F)c1)N1C[C@H]2N(C(=O)CN(C)N2C(=O)NCc2ccccc2)[C@@H](Cc2ccc(O)cc2)C1=O. The molecule has 10 nitrogen and oxygen atoms in total. The smallest absolute Gasteiger partial charge is 0.419 e. The van der Waals surface area contributed by atoms with Crippen molar-refractivity contribution in [2.75, 3.05) is 39.1 Å². The van der Waals surface area contributed by atoms with Crippen LogP contribution in [0.2, 0.25) is 0 Å². The number of alkyl halides is 3. The molecule has 2 aliphatic rings. The topological polar surface area (TPSA) is 99.7 Å². The summed E-state index contributed by atoms with van der Waals surface area (Å²) < 4.78 is 56.9. The van der Waals surface area contributed by atoms with Gasteiger partial charge in [0.25, 0.3) is 0 Å². The molecule has 0 bridgehead atoms. The number of likely N-dealkylation sites (N-methyl/N-ethyl adjacent to an activating group) is 1. The van der Waals surface area contributed by atoms with E-state index >= 15 is 0 Å². The predicted molar refractivity (Wildman–Crippen MR) is 172 cm³/mol. The fourth-order valence-corrected chi connectivity index (χ4v) is 6.11. The van der Waals surface area contributed by atoms with Crippen molar-refractivity contribution < 1.29 is 37.1 Å². The average Bonchev–Trinajstić information content (AvgIpc) is 3.01. The highest BCUT2D eigenvalue weighted by Gasteiger charge is 2.52. The molecular weight excluding hydrogens is 632 g/mol. The Balaban J connectivity index is 0.00000520. The van der Waals surface area contributed by atoms with Gasteiger partial charge in [-0.3, -0.25) is 9.59 Å². The van der Waals surface area contributed by atoms with Crippen molar-refractivity contribution in [3.05, 3.63) is 94.8 Å². The number of rotatable bonds is 7. The predicted octanol–water partition coefficient (Wildman–Crippen LogP) is 4.99. The van der Waals surface area contributed by atoms with E-state index in [9.17, 15) is 37.1 Å². The van der Waals surface area contributed by atoms with Crippen LogP contribution in [-0.4, -0.2) is 89.2 Å². The lowest BCUT2D eigenvalue weighted by atomic mass is 9.95. The van der Waals surface area contributed by atoms with Crippen LogP contribution in [0, 0.1) is 5.82 Å². The number of hydrogen-bond acceptors (Lipinski definition) is 6. The Labute approximate surface area is 277 Å². The Morgan fingerprint density at radius 3 is 2.29 bits per heavy atom. The standard InChI is InChI=1S/C33H36F4N6O4.CH4/c1-20(23-15-25(33(35,36)37)30(34)26(16-23)39(2)3)41-18-28-42(27(31(41)46)14-21-10-12-24(44)13-11-21)29(45)19-40(4)43(28)32(47)38-17-22-8-6-5-7-9-22;/h5-13,15-16,20,27-28,44H,14,17-19H2,1-4H3,(H,38,47);1H4/t20?,27-,28-;/m0./s1. The van der Waals surface area contributed by atoms with E-state index in [0.717, 1.165) is 5.56 Å². The van der Waals surface area contributed by atoms with Gasteiger partial charge in [-0.05, 0) is 47.9 Å². The molecule has 3 aromatic rings. The molecule has 0 spiro atoms. The Morgan fingerprint density at radius 1 is 1.04 bits per heavy atom. The van der Waals surface area contributed by atoms with Crippen molar-refractivity contribution >= 4 is 23.5 Å². The second-order valence-electron chi connectivity index (χ2n) is 11.9. The number of halogens is 4. The Kier molecular flexibility index (Phi) is 10.6. The fraction of sp³-hybridized carbons (Fsp3) is 0.382. The van der Waals surface area contributed by atoms with Crippen LogP contribution < -0.4 is 10.2 Å². The number of aromatic hydroxyl groups is 1. The van der Waals surface area contributed by atoms with Crippen molar-refractivity contribution in [1.29, 1.82) is 0 Å². The zero-order valence-corrected chi connectivity index (χ0v) is 26.3. The molecule has 2 heterocycles. The highest BCUT2D eigenvalue weighted by molar-refractivity contribution is 5.92. The minimum absolute atomic E-state index is 0. The minimum Gasteiger partial charge on any atom is -0.508 e. The molecule has 258 valence electrons. The maximum absolute atomic E-state index is 15.0. The third kappa shape index (κ3) is 7.18. The molecule has 2 fully saturated rings. The first kappa shape index (κ1) is 36.0. The molecule has 48 heavy (non-hydrogen) atoms. The number of hydrazine groups is 1. The molecule has 0 radical (unpaired) electrons. The van der Waals surface area contributed by atoms with Gasteiger partial charge in [-0.15, -0.1) is 0 Å². The van der Waals surface area contributed by atoms with Gasteiger partial charge in [0.1, 0.15) is 18.0 Å². The molecule has 0 saturated carbocycles. The van der Waals surface area contributed by atoms with E-state index < -0.39 is 53.7 Å². The molecule has 5 rings (SSSR count). The first-order chi connectivity index (χ1) is 22.2. The number of hydrogen-bond donors (Lipinski definition) is 2. The fourth-order valence-electron chi connectivity index (χ4n) is 6.11. The second-order valence-corrected chi connectivity index (χ2v) is 11.9. The zero-order valence-electron chi connectivity index (χ0n) is 26.3. The second kappa shape index (κ2) is 14.1. The van der Waals surface area contributed by atoms with E-state index in [2.05, 4.69) is 5.32 Å². The van der Waals surface area contributed by atoms with Gasteiger partial charge < -0.3 is 25.1 Å². The Hall–Kier alpha value is -4.85. The molecule has 2 aliphatic heterocycles. The number of carbonyl (C=O) groups is 3. The van der Waals surface area contributed by atoms with Crippen molar-refractivity contribution in [3.8, 4) is 5.75 Å². The lowest BCUT2D eigenvalue weighted by molar-refractivity contribution is -0.189. The number of anilines is 1. The van der Waals surface area contributed by atoms with Crippen LogP contribution in [0.1, 0.15) is 42.6 Å². The first-order valence-corrected chi connectivity index (χ1v) is 15.0. The number of amides is 4. The zero-order chi connectivity index (χ0) is 34.2. The van der Waals surface area contributed by atoms with Gasteiger partial charge in [0.15, 0.2) is 5.82 Å². The van der Waals surface area contributed by atoms with E-state index in [4.69, 9.17) is 0 Å². The maximum Gasteiger partial charge on any atom is 0.419 e. The van der Waals surface area contributed by atoms with Crippen LogP contribution in [0.15, 0.2) is 66.7 Å². The molecule has 3 aromatic carbocycles. The number of phenolic OH excluding ortho intramolecular Hbond substituents is 1. The summed E-state index contributed by atoms with van der Waals surface area (Å²) in [5.41, 5.74) is -0.295. The number of carbonyl (C=O) groups excluding carboxylic acids is 3. The van der Waals surface area contributed by atoms with Gasteiger partial charge in [-0.2, -0.15) is 13.2 Å². The molecule has 0 aromatic heterocycles. The number of piperazine rings is 1. The van der Waals surface area contributed by atoms with Gasteiger partial charge >= 0.3 is 12.2 Å². The van der Waals surface area contributed by atoms with E-state index in [1.807, 2.05) is 30.3 Å². The normalized spacial score (nSPS) is 19.0. The third-order valence-corrected chi connectivity index (χ3v) is 8.56. The van der Waals surface area contributed by atoms with Crippen molar-refractivity contribution in [2.24, 2.45) is 0 Å². The number of urea groups is 1. The Morgan fingerprint density at radius 2 is 1.69 bits per heavy atom. The molecule has 1 unspecified atom stereocenters. The molecule has 14 heteroatoms. The quantitative estimate of drug-likeness (QED) is 0.343. The van der Waals surface area contributed by atoms with E-state index in [1.165, 1.54) is 63.9 Å². The van der Waals surface area contributed by atoms with Crippen LogP contribution in [0.25, 0.3) is 0 Å².